The number of carbonyl (C=O) groups excluding carboxylic acids is 1. The lowest BCUT2D eigenvalue weighted by atomic mass is 10.0. The zero-order chi connectivity index (χ0) is 22.4. The number of aromatic hydroxyl groups is 1. The van der Waals surface area contributed by atoms with E-state index in [0.717, 1.165) is 16.4 Å². The van der Waals surface area contributed by atoms with Crippen molar-refractivity contribution in [1.82, 2.24) is 19.4 Å². The van der Waals surface area contributed by atoms with E-state index in [1.807, 2.05) is 46.3 Å². The molecule has 0 unspecified atom stereocenters. The number of phenolic OH excluding ortho intramolecular Hbond substituents is 1. The molecule has 5 aromatic rings. The number of rotatable bonds is 4. The summed E-state index contributed by atoms with van der Waals surface area (Å²) in [7, 11) is 3.50. The number of imidazole rings is 2. The van der Waals surface area contributed by atoms with Gasteiger partial charge in [0.15, 0.2) is 0 Å². The van der Waals surface area contributed by atoms with Crippen LogP contribution in [0.5, 0.6) is 11.5 Å². The Kier molecular flexibility index (Phi) is 4.55. The van der Waals surface area contributed by atoms with Gasteiger partial charge in [-0.2, -0.15) is 5.10 Å². The van der Waals surface area contributed by atoms with Crippen molar-refractivity contribution in [2.24, 2.45) is 12.1 Å². The fourth-order valence-corrected chi connectivity index (χ4v) is 4.16. The molecule has 0 saturated carbocycles. The predicted octanol–water partition coefficient (Wildman–Crippen LogP) is 3.77. The van der Waals surface area contributed by atoms with Gasteiger partial charge in [-0.05, 0) is 37.3 Å². The van der Waals surface area contributed by atoms with Crippen LogP contribution in [0.15, 0.2) is 59.7 Å². The molecule has 8 heteroatoms. The average molecular weight is 427 g/mol. The summed E-state index contributed by atoms with van der Waals surface area (Å²) in [6.07, 6.45) is 1.51. The minimum Gasteiger partial charge on any atom is -0.507 e. The quantitative estimate of drug-likeness (QED) is 0.337. The van der Waals surface area contributed by atoms with E-state index in [1.54, 1.807) is 38.3 Å². The number of hydrogen-bond donors (Lipinski definition) is 2. The van der Waals surface area contributed by atoms with Gasteiger partial charge >= 0.3 is 0 Å². The molecule has 160 valence electrons. The molecule has 0 spiro atoms. The standard InChI is InChI=1S/C24H21N5O3/c1-14-22(29-18-9-5-4-8-17(18)28(2)24(29)26-14)23(31)27-25-13-15-11-12-20(32-3)16-7-6-10-19(30)21(15)16/h4-13,30H,1-3H3,(H,27,31)/b25-13+. The van der Waals surface area contributed by atoms with Gasteiger partial charge in [0.05, 0.1) is 30.1 Å². The zero-order valence-corrected chi connectivity index (χ0v) is 17.8. The van der Waals surface area contributed by atoms with Gasteiger partial charge in [-0.15, -0.1) is 0 Å². The van der Waals surface area contributed by atoms with E-state index in [9.17, 15) is 9.90 Å². The molecule has 2 N–H and O–H groups in total. The summed E-state index contributed by atoms with van der Waals surface area (Å²) >= 11 is 0. The summed E-state index contributed by atoms with van der Waals surface area (Å²) in [5.41, 5.74) is 6.17. The Balaban J connectivity index is 1.52. The molecule has 2 heterocycles. The highest BCUT2D eigenvalue weighted by Crippen LogP contribution is 2.33. The minimum absolute atomic E-state index is 0.110. The van der Waals surface area contributed by atoms with Crippen LogP contribution in [0.25, 0.3) is 27.6 Å². The maximum Gasteiger partial charge on any atom is 0.290 e. The van der Waals surface area contributed by atoms with Crippen LogP contribution < -0.4 is 10.2 Å². The van der Waals surface area contributed by atoms with Crippen molar-refractivity contribution < 1.29 is 14.6 Å². The Labute approximate surface area is 183 Å². The maximum atomic E-state index is 13.1. The van der Waals surface area contributed by atoms with Crippen LogP contribution in [0.3, 0.4) is 0 Å². The Morgan fingerprint density at radius 2 is 1.91 bits per heavy atom. The van der Waals surface area contributed by atoms with Crippen molar-refractivity contribution >= 4 is 39.7 Å². The van der Waals surface area contributed by atoms with Crippen molar-refractivity contribution in [1.29, 1.82) is 0 Å². The number of para-hydroxylation sites is 2. The predicted molar refractivity (Wildman–Crippen MR) is 124 cm³/mol. The third-order valence-electron chi connectivity index (χ3n) is 5.63. The number of amides is 1. The average Bonchev–Trinajstić information content (AvgIpc) is 3.27. The van der Waals surface area contributed by atoms with Crippen LogP contribution in [0.1, 0.15) is 21.7 Å². The molecule has 0 fully saturated rings. The fraction of sp³-hybridized carbons (Fsp3) is 0.125. The molecule has 32 heavy (non-hydrogen) atoms. The smallest absolute Gasteiger partial charge is 0.290 e. The first-order valence-electron chi connectivity index (χ1n) is 10.1. The molecule has 0 aliphatic carbocycles. The summed E-state index contributed by atoms with van der Waals surface area (Å²) in [4.78, 5) is 17.6. The Bertz CT molecular complexity index is 1540. The molecule has 0 radical (unpaired) electrons. The second-order valence-corrected chi connectivity index (χ2v) is 7.48. The second-order valence-electron chi connectivity index (χ2n) is 7.48. The lowest BCUT2D eigenvalue weighted by Crippen LogP contribution is -2.20. The number of methoxy groups -OCH3 is 1. The first-order chi connectivity index (χ1) is 15.5. The maximum absolute atomic E-state index is 13.1. The number of hydrazone groups is 1. The monoisotopic (exact) mass is 427 g/mol. The number of fused-ring (bicyclic) bond motifs is 4. The lowest BCUT2D eigenvalue weighted by molar-refractivity contribution is 0.0949. The highest BCUT2D eigenvalue weighted by Gasteiger charge is 2.21. The first kappa shape index (κ1) is 19.6. The second kappa shape index (κ2) is 7.42. The first-order valence-corrected chi connectivity index (χ1v) is 10.1. The van der Waals surface area contributed by atoms with E-state index >= 15 is 0 Å². The normalized spacial score (nSPS) is 11.7. The van der Waals surface area contributed by atoms with Crippen LogP contribution in [-0.2, 0) is 7.05 Å². The van der Waals surface area contributed by atoms with E-state index in [-0.39, 0.29) is 11.7 Å². The van der Waals surface area contributed by atoms with Crippen LogP contribution in [-0.4, -0.2) is 38.3 Å². The van der Waals surface area contributed by atoms with Crippen molar-refractivity contribution in [3.63, 3.8) is 0 Å². The molecule has 0 aliphatic heterocycles. The Morgan fingerprint density at radius 3 is 2.69 bits per heavy atom. The Morgan fingerprint density at radius 1 is 1.12 bits per heavy atom. The molecule has 0 bridgehead atoms. The van der Waals surface area contributed by atoms with E-state index in [0.29, 0.717) is 33.9 Å². The molecule has 0 atom stereocenters. The summed E-state index contributed by atoms with van der Waals surface area (Å²) in [5, 5.41) is 15.9. The number of nitrogens with one attached hydrogen (secondary N) is 1. The van der Waals surface area contributed by atoms with E-state index in [2.05, 4.69) is 15.5 Å². The lowest BCUT2D eigenvalue weighted by Gasteiger charge is -2.09. The zero-order valence-electron chi connectivity index (χ0n) is 17.8. The summed E-state index contributed by atoms with van der Waals surface area (Å²) in [6, 6.07) is 16.6. The van der Waals surface area contributed by atoms with Crippen LogP contribution in [0.2, 0.25) is 0 Å². The number of aryl methyl sites for hydroxylation is 2. The molecule has 3 aromatic carbocycles. The van der Waals surface area contributed by atoms with E-state index in [4.69, 9.17) is 4.74 Å². The number of benzene rings is 3. The number of hydrogen-bond acceptors (Lipinski definition) is 5. The van der Waals surface area contributed by atoms with Gasteiger partial charge in [0.25, 0.3) is 5.91 Å². The molecule has 0 aliphatic rings. The van der Waals surface area contributed by atoms with E-state index < -0.39 is 0 Å². The van der Waals surface area contributed by atoms with Crippen molar-refractivity contribution in [2.45, 2.75) is 6.92 Å². The van der Waals surface area contributed by atoms with Gasteiger partial charge in [0, 0.05) is 23.4 Å². The van der Waals surface area contributed by atoms with E-state index in [1.165, 1.54) is 6.21 Å². The minimum atomic E-state index is -0.371. The third kappa shape index (κ3) is 2.88. The van der Waals surface area contributed by atoms with Gasteiger partial charge in [-0.1, -0.05) is 24.3 Å². The number of carbonyl (C=O) groups is 1. The molecule has 8 nitrogen and oxygen atoms in total. The molecular weight excluding hydrogens is 406 g/mol. The number of nitrogens with zero attached hydrogens (tertiary/aromatic N) is 4. The summed E-state index contributed by atoms with van der Waals surface area (Å²) in [6.45, 7) is 1.80. The largest absolute Gasteiger partial charge is 0.507 e. The molecular formula is C24H21N5O3. The van der Waals surface area contributed by atoms with Gasteiger partial charge in [-0.25, -0.2) is 10.4 Å². The van der Waals surface area contributed by atoms with Gasteiger partial charge in [0.2, 0.25) is 5.78 Å². The van der Waals surface area contributed by atoms with Crippen molar-refractivity contribution in [3.8, 4) is 11.5 Å². The molecule has 0 saturated heterocycles. The number of phenols is 1. The van der Waals surface area contributed by atoms with Crippen LogP contribution >= 0.6 is 0 Å². The topological polar surface area (TPSA) is 93.1 Å². The SMILES string of the molecule is COc1ccc(/C=N/NC(=O)c2c(C)nc3n(C)c4ccccc4n23)c2c(O)cccc12. The highest BCUT2D eigenvalue weighted by molar-refractivity contribution is 6.06. The molecule has 5 rings (SSSR count). The number of ether oxygens (including phenoxy) is 1. The van der Waals surface area contributed by atoms with Gasteiger partial charge < -0.3 is 14.4 Å². The van der Waals surface area contributed by atoms with Crippen molar-refractivity contribution in [2.75, 3.05) is 7.11 Å². The van der Waals surface area contributed by atoms with Gasteiger partial charge in [-0.3, -0.25) is 9.20 Å². The molecule has 2 aromatic heterocycles. The van der Waals surface area contributed by atoms with Gasteiger partial charge in [0.1, 0.15) is 17.2 Å². The molecule has 1 amide bonds. The van der Waals surface area contributed by atoms with Crippen molar-refractivity contribution in [3.05, 3.63) is 71.5 Å². The fourth-order valence-electron chi connectivity index (χ4n) is 4.16. The highest BCUT2D eigenvalue weighted by atomic mass is 16.5. The third-order valence-corrected chi connectivity index (χ3v) is 5.63. The Hall–Kier alpha value is -4.33. The van der Waals surface area contributed by atoms with Crippen LogP contribution in [0.4, 0.5) is 0 Å². The number of aromatic nitrogens is 3. The van der Waals surface area contributed by atoms with Crippen LogP contribution in [0, 0.1) is 6.92 Å². The summed E-state index contributed by atoms with van der Waals surface area (Å²) < 4.78 is 9.17. The summed E-state index contributed by atoms with van der Waals surface area (Å²) in [5.74, 6) is 1.07.